The Labute approximate surface area is 129 Å². The van der Waals surface area contributed by atoms with Crippen LogP contribution in [0.4, 0.5) is 0 Å². The minimum Gasteiger partial charge on any atom is -0.457 e. The van der Waals surface area contributed by atoms with Crippen LogP contribution in [0.3, 0.4) is 0 Å². The van der Waals surface area contributed by atoms with E-state index in [2.05, 4.69) is 41.9 Å². The largest absolute Gasteiger partial charge is 0.457 e. The molecule has 0 aliphatic rings. The number of benzene rings is 2. The Kier molecular flexibility index (Phi) is 4.84. The van der Waals surface area contributed by atoms with Gasteiger partial charge in [-0.05, 0) is 62.6 Å². The lowest BCUT2D eigenvalue weighted by molar-refractivity contribution is 0.473. The smallest absolute Gasteiger partial charge is 0.130 e. The Balaban J connectivity index is 2.30. The quantitative estimate of drug-likeness (QED) is 0.876. The summed E-state index contributed by atoms with van der Waals surface area (Å²) in [6, 6.07) is 12.3. The van der Waals surface area contributed by atoms with Crippen LogP contribution in [0.25, 0.3) is 0 Å². The second kappa shape index (κ2) is 6.42. The van der Waals surface area contributed by atoms with Crippen molar-refractivity contribution in [1.82, 2.24) is 0 Å². The summed E-state index contributed by atoms with van der Waals surface area (Å²) in [7, 11) is 0. The molecule has 106 valence electrons. The molecule has 0 amide bonds. The fourth-order valence-electron chi connectivity index (χ4n) is 2.12. The molecule has 2 N–H and O–H groups in total. The summed E-state index contributed by atoms with van der Waals surface area (Å²) in [6.45, 7) is 6.14. The van der Waals surface area contributed by atoms with Gasteiger partial charge in [-0.2, -0.15) is 0 Å². The molecular formula is C17H20BrNO. The highest BCUT2D eigenvalue weighted by Gasteiger charge is 2.08. The van der Waals surface area contributed by atoms with Gasteiger partial charge in [0.25, 0.3) is 0 Å². The van der Waals surface area contributed by atoms with Crippen molar-refractivity contribution in [3.8, 4) is 11.5 Å². The molecule has 0 bridgehead atoms. The molecular weight excluding hydrogens is 314 g/mol. The zero-order chi connectivity index (χ0) is 14.7. The topological polar surface area (TPSA) is 35.2 Å². The molecule has 0 radical (unpaired) electrons. The normalized spacial score (nSPS) is 12.2. The molecule has 0 aliphatic carbocycles. The Morgan fingerprint density at radius 3 is 2.55 bits per heavy atom. The van der Waals surface area contributed by atoms with Crippen molar-refractivity contribution in [2.75, 3.05) is 0 Å². The molecule has 2 nitrogen and oxygen atoms in total. The van der Waals surface area contributed by atoms with Crippen molar-refractivity contribution in [1.29, 1.82) is 0 Å². The average Bonchev–Trinajstić information content (AvgIpc) is 2.36. The Hall–Kier alpha value is -1.32. The van der Waals surface area contributed by atoms with Crippen LogP contribution in [0.15, 0.2) is 40.9 Å². The molecule has 2 aromatic carbocycles. The maximum absolute atomic E-state index is 6.02. The number of rotatable bonds is 4. The predicted molar refractivity (Wildman–Crippen MR) is 87.5 cm³/mol. The summed E-state index contributed by atoms with van der Waals surface area (Å²) >= 11 is 3.50. The van der Waals surface area contributed by atoms with E-state index in [1.165, 1.54) is 5.56 Å². The fourth-order valence-corrected chi connectivity index (χ4v) is 2.37. The fraction of sp³-hybridized carbons (Fsp3) is 0.294. The van der Waals surface area contributed by atoms with Crippen LogP contribution < -0.4 is 10.5 Å². The van der Waals surface area contributed by atoms with E-state index >= 15 is 0 Å². The second-order valence-corrected chi connectivity index (χ2v) is 6.16. The van der Waals surface area contributed by atoms with Gasteiger partial charge >= 0.3 is 0 Å². The highest BCUT2D eigenvalue weighted by Crippen LogP contribution is 2.29. The molecule has 0 aromatic heterocycles. The molecule has 1 unspecified atom stereocenters. The average molecular weight is 334 g/mol. The predicted octanol–water partition coefficient (Wildman–Crippen LogP) is 4.75. The molecule has 0 fully saturated rings. The number of aryl methyl sites for hydroxylation is 2. The molecule has 0 aliphatic heterocycles. The summed E-state index contributed by atoms with van der Waals surface area (Å²) in [4.78, 5) is 0. The van der Waals surface area contributed by atoms with Crippen molar-refractivity contribution in [2.24, 2.45) is 5.73 Å². The molecule has 20 heavy (non-hydrogen) atoms. The highest BCUT2D eigenvalue weighted by molar-refractivity contribution is 9.10. The number of nitrogens with two attached hydrogens (primary N) is 1. The van der Waals surface area contributed by atoms with Crippen LogP contribution >= 0.6 is 15.9 Å². The second-order valence-electron chi connectivity index (χ2n) is 5.31. The molecule has 1 atom stereocenters. The molecule has 2 aromatic rings. The van der Waals surface area contributed by atoms with Crippen LogP contribution in [0, 0.1) is 13.8 Å². The standard InChI is InChI=1S/C17H20BrNO/c1-11-4-7-17(14(8-11)10-13(3)19)20-15-5-6-16(18)12(2)9-15/h4-9,13H,10,19H2,1-3H3. The minimum atomic E-state index is 0.116. The van der Waals surface area contributed by atoms with Crippen molar-refractivity contribution in [3.63, 3.8) is 0 Å². The van der Waals surface area contributed by atoms with Gasteiger partial charge in [0.15, 0.2) is 0 Å². The zero-order valence-corrected chi connectivity index (χ0v) is 13.7. The maximum atomic E-state index is 6.02. The number of ether oxygens (including phenoxy) is 1. The number of hydrogen-bond acceptors (Lipinski definition) is 2. The first-order valence-electron chi connectivity index (χ1n) is 6.75. The van der Waals surface area contributed by atoms with Gasteiger partial charge in [-0.3, -0.25) is 0 Å². The van der Waals surface area contributed by atoms with E-state index in [0.717, 1.165) is 33.5 Å². The lowest BCUT2D eigenvalue weighted by Gasteiger charge is -2.14. The third-order valence-corrected chi connectivity index (χ3v) is 4.00. The van der Waals surface area contributed by atoms with Crippen LogP contribution in [0.5, 0.6) is 11.5 Å². The van der Waals surface area contributed by atoms with Gasteiger partial charge < -0.3 is 10.5 Å². The highest BCUT2D eigenvalue weighted by atomic mass is 79.9. The van der Waals surface area contributed by atoms with Crippen LogP contribution in [-0.4, -0.2) is 6.04 Å². The Morgan fingerprint density at radius 1 is 1.15 bits per heavy atom. The summed E-state index contributed by atoms with van der Waals surface area (Å²) < 4.78 is 7.11. The third-order valence-electron chi connectivity index (χ3n) is 3.12. The lowest BCUT2D eigenvalue weighted by atomic mass is 10.0. The third kappa shape index (κ3) is 3.84. The van der Waals surface area contributed by atoms with Gasteiger partial charge in [0, 0.05) is 10.5 Å². The Bertz CT molecular complexity index is 608. The van der Waals surface area contributed by atoms with E-state index < -0.39 is 0 Å². The zero-order valence-electron chi connectivity index (χ0n) is 12.1. The van der Waals surface area contributed by atoms with Gasteiger partial charge in [-0.1, -0.05) is 33.6 Å². The molecule has 0 saturated heterocycles. The van der Waals surface area contributed by atoms with Crippen molar-refractivity contribution >= 4 is 15.9 Å². The molecule has 2 rings (SSSR count). The number of hydrogen-bond donors (Lipinski definition) is 1. The van der Waals surface area contributed by atoms with Crippen molar-refractivity contribution < 1.29 is 4.74 Å². The molecule has 3 heteroatoms. The van der Waals surface area contributed by atoms with E-state index in [1.807, 2.05) is 31.2 Å². The maximum Gasteiger partial charge on any atom is 0.130 e. The van der Waals surface area contributed by atoms with Gasteiger partial charge in [0.05, 0.1) is 0 Å². The summed E-state index contributed by atoms with van der Waals surface area (Å²) in [5.41, 5.74) is 9.45. The first-order chi connectivity index (χ1) is 9.45. The minimum absolute atomic E-state index is 0.116. The van der Waals surface area contributed by atoms with Gasteiger partial charge in [-0.25, -0.2) is 0 Å². The van der Waals surface area contributed by atoms with E-state index in [4.69, 9.17) is 10.5 Å². The molecule has 0 spiro atoms. The molecule has 0 saturated carbocycles. The van der Waals surface area contributed by atoms with Crippen LogP contribution in [-0.2, 0) is 6.42 Å². The monoisotopic (exact) mass is 333 g/mol. The lowest BCUT2D eigenvalue weighted by Crippen LogP contribution is -2.18. The summed E-state index contributed by atoms with van der Waals surface area (Å²) in [6.07, 6.45) is 0.812. The first kappa shape index (κ1) is 15.1. The van der Waals surface area contributed by atoms with E-state index in [9.17, 15) is 0 Å². The van der Waals surface area contributed by atoms with E-state index in [0.29, 0.717) is 0 Å². The number of halogens is 1. The van der Waals surface area contributed by atoms with Crippen LogP contribution in [0.1, 0.15) is 23.6 Å². The van der Waals surface area contributed by atoms with Crippen LogP contribution in [0.2, 0.25) is 0 Å². The van der Waals surface area contributed by atoms with E-state index in [1.54, 1.807) is 0 Å². The molecule has 0 heterocycles. The van der Waals surface area contributed by atoms with Crippen molar-refractivity contribution in [3.05, 3.63) is 57.6 Å². The van der Waals surface area contributed by atoms with Gasteiger partial charge in [0.2, 0.25) is 0 Å². The van der Waals surface area contributed by atoms with Gasteiger partial charge in [0.1, 0.15) is 11.5 Å². The Morgan fingerprint density at radius 2 is 1.90 bits per heavy atom. The SMILES string of the molecule is Cc1ccc(Oc2ccc(Br)c(C)c2)c(CC(C)N)c1. The summed E-state index contributed by atoms with van der Waals surface area (Å²) in [5.74, 6) is 1.73. The van der Waals surface area contributed by atoms with Gasteiger partial charge in [-0.15, -0.1) is 0 Å². The van der Waals surface area contributed by atoms with Crippen molar-refractivity contribution in [2.45, 2.75) is 33.2 Å². The van der Waals surface area contributed by atoms with E-state index in [-0.39, 0.29) is 6.04 Å². The summed E-state index contributed by atoms with van der Waals surface area (Å²) in [5, 5.41) is 0. The first-order valence-corrected chi connectivity index (χ1v) is 7.54.